The molecule has 1 fully saturated rings. The van der Waals surface area contributed by atoms with Crippen molar-refractivity contribution >= 4 is 12.0 Å². The Morgan fingerprint density at radius 2 is 2.00 bits per heavy atom. The average molecular weight is 258 g/mol. The smallest absolute Gasteiger partial charge is 0.319 e. The second kappa shape index (κ2) is 7.20. The first kappa shape index (κ1) is 14.8. The summed E-state index contributed by atoms with van der Waals surface area (Å²) in [5.41, 5.74) is 0. The van der Waals surface area contributed by atoms with Crippen molar-refractivity contribution in [1.82, 2.24) is 9.80 Å². The van der Waals surface area contributed by atoms with Crippen molar-refractivity contribution < 1.29 is 19.4 Å². The van der Waals surface area contributed by atoms with E-state index in [-0.39, 0.29) is 19.0 Å². The molecule has 1 rings (SSSR count). The Morgan fingerprint density at radius 1 is 1.39 bits per heavy atom. The molecule has 1 saturated heterocycles. The van der Waals surface area contributed by atoms with Crippen molar-refractivity contribution in [3.63, 3.8) is 0 Å². The van der Waals surface area contributed by atoms with E-state index < -0.39 is 5.97 Å². The van der Waals surface area contributed by atoms with Gasteiger partial charge in [-0.25, -0.2) is 4.79 Å². The van der Waals surface area contributed by atoms with Gasteiger partial charge in [-0.1, -0.05) is 0 Å². The molecule has 104 valence electrons. The molecule has 0 radical (unpaired) electrons. The van der Waals surface area contributed by atoms with Gasteiger partial charge in [0, 0.05) is 40.4 Å². The van der Waals surface area contributed by atoms with Crippen LogP contribution in [0.4, 0.5) is 4.79 Å². The molecule has 2 amide bonds. The molecule has 1 N–H and O–H groups in total. The third-order valence-corrected chi connectivity index (χ3v) is 3.28. The van der Waals surface area contributed by atoms with Crippen LogP contribution in [0.25, 0.3) is 0 Å². The van der Waals surface area contributed by atoms with Crippen molar-refractivity contribution in [1.29, 1.82) is 0 Å². The number of urea groups is 1. The van der Waals surface area contributed by atoms with Crippen LogP contribution in [0.3, 0.4) is 0 Å². The van der Waals surface area contributed by atoms with Crippen molar-refractivity contribution in [3.05, 3.63) is 0 Å². The second-order valence-corrected chi connectivity index (χ2v) is 4.73. The summed E-state index contributed by atoms with van der Waals surface area (Å²) in [5, 5.41) is 8.58. The molecule has 0 aromatic heterocycles. The summed E-state index contributed by atoms with van der Waals surface area (Å²) in [6.45, 7) is 2.46. The van der Waals surface area contributed by atoms with Crippen LogP contribution in [0.2, 0.25) is 0 Å². The number of hydrogen-bond acceptors (Lipinski definition) is 3. The van der Waals surface area contributed by atoms with Gasteiger partial charge < -0.3 is 19.6 Å². The number of ether oxygens (including phenoxy) is 1. The van der Waals surface area contributed by atoms with Gasteiger partial charge in [0.1, 0.15) is 0 Å². The van der Waals surface area contributed by atoms with Crippen LogP contribution in [0.15, 0.2) is 0 Å². The number of hydrogen-bond donors (Lipinski definition) is 1. The quantitative estimate of drug-likeness (QED) is 0.794. The number of carbonyl (C=O) groups excluding carboxylic acids is 1. The minimum atomic E-state index is -0.881. The molecular formula is C12H22N2O4. The van der Waals surface area contributed by atoms with Crippen LogP contribution < -0.4 is 0 Å². The van der Waals surface area contributed by atoms with Crippen LogP contribution in [0, 0.1) is 5.92 Å². The Balaban J connectivity index is 2.32. The summed E-state index contributed by atoms with van der Waals surface area (Å²) in [6.07, 6.45) is 1.89. The molecule has 6 nitrogen and oxygen atoms in total. The average Bonchev–Trinajstić information content (AvgIpc) is 2.36. The van der Waals surface area contributed by atoms with E-state index in [0.29, 0.717) is 5.92 Å². The number of nitrogens with zero attached hydrogens (tertiary/aromatic N) is 2. The van der Waals surface area contributed by atoms with Gasteiger partial charge in [0.25, 0.3) is 0 Å². The molecule has 0 atom stereocenters. The van der Waals surface area contributed by atoms with Crippen molar-refractivity contribution in [2.45, 2.75) is 19.3 Å². The summed E-state index contributed by atoms with van der Waals surface area (Å²) in [7, 11) is 3.34. The van der Waals surface area contributed by atoms with Crippen molar-refractivity contribution in [2.24, 2.45) is 5.92 Å². The Labute approximate surface area is 107 Å². The number of carbonyl (C=O) groups is 2. The number of carboxylic acids is 1. The monoisotopic (exact) mass is 258 g/mol. The molecule has 0 spiro atoms. The first-order valence-electron chi connectivity index (χ1n) is 6.25. The Kier molecular flexibility index (Phi) is 5.91. The van der Waals surface area contributed by atoms with E-state index in [4.69, 9.17) is 9.84 Å². The number of aliphatic carboxylic acids is 1. The van der Waals surface area contributed by atoms with Crippen LogP contribution in [0.1, 0.15) is 19.3 Å². The van der Waals surface area contributed by atoms with Gasteiger partial charge in [0.05, 0.1) is 6.42 Å². The predicted octanol–water partition coefficient (Wildman–Crippen LogP) is 0.871. The summed E-state index contributed by atoms with van der Waals surface area (Å²) in [5.74, 6) is -0.350. The highest BCUT2D eigenvalue weighted by atomic mass is 16.5. The van der Waals surface area contributed by atoms with Gasteiger partial charge in [-0.05, 0) is 18.8 Å². The fraction of sp³-hybridized carbons (Fsp3) is 0.833. The molecule has 18 heavy (non-hydrogen) atoms. The molecule has 1 aliphatic rings. The largest absolute Gasteiger partial charge is 0.481 e. The van der Waals surface area contributed by atoms with E-state index in [2.05, 4.69) is 0 Å². The van der Waals surface area contributed by atoms with Crippen LogP contribution in [0.5, 0.6) is 0 Å². The normalized spacial score (nSPS) is 16.7. The summed E-state index contributed by atoms with van der Waals surface area (Å²) >= 11 is 0. The maximum Gasteiger partial charge on any atom is 0.319 e. The number of piperidine rings is 1. The molecule has 0 aromatic rings. The topological polar surface area (TPSA) is 70.1 Å². The highest BCUT2D eigenvalue weighted by Crippen LogP contribution is 2.18. The zero-order valence-corrected chi connectivity index (χ0v) is 11.1. The number of carboxylic acid groups (broad SMARTS) is 1. The Bertz CT molecular complexity index is 288. The highest BCUT2D eigenvalue weighted by Gasteiger charge is 2.24. The van der Waals surface area contributed by atoms with Gasteiger partial charge in [0.2, 0.25) is 0 Å². The molecular weight excluding hydrogens is 236 g/mol. The highest BCUT2D eigenvalue weighted by molar-refractivity contribution is 5.75. The summed E-state index contributed by atoms with van der Waals surface area (Å²) in [6, 6.07) is -0.0767. The lowest BCUT2D eigenvalue weighted by atomic mass is 9.98. The summed E-state index contributed by atoms with van der Waals surface area (Å²) in [4.78, 5) is 25.7. The third-order valence-electron chi connectivity index (χ3n) is 3.28. The minimum Gasteiger partial charge on any atom is -0.481 e. The number of rotatable bonds is 5. The first-order chi connectivity index (χ1) is 8.54. The number of likely N-dealkylation sites (tertiary alicyclic amines) is 1. The SMILES string of the molecule is COCC1CCN(C(=O)N(C)CCC(=O)O)CC1. The van der Waals surface area contributed by atoms with Gasteiger partial charge >= 0.3 is 12.0 Å². The fourth-order valence-electron chi connectivity index (χ4n) is 2.13. The van der Waals surface area contributed by atoms with E-state index in [1.807, 2.05) is 0 Å². The van der Waals surface area contributed by atoms with E-state index >= 15 is 0 Å². The van der Waals surface area contributed by atoms with Crippen molar-refractivity contribution in [2.75, 3.05) is 40.4 Å². The summed E-state index contributed by atoms with van der Waals surface area (Å²) < 4.78 is 5.11. The molecule has 0 aromatic carbocycles. The maximum absolute atomic E-state index is 12.0. The Morgan fingerprint density at radius 3 is 2.50 bits per heavy atom. The maximum atomic E-state index is 12.0. The molecule has 0 unspecified atom stereocenters. The lowest BCUT2D eigenvalue weighted by Gasteiger charge is -2.34. The molecule has 0 saturated carbocycles. The van der Waals surface area contributed by atoms with E-state index in [1.165, 1.54) is 4.90 Å². The third kappa shape index (κ3) is 4.52. The predicted molar refractivity (Wildman–Crippen MR) is 66.5 cm³/mol. The molecule has 1 heterocycles. The van der Waals surface area contributed by atoms with Crippen LogP contribution >= 0.6 is 0 Å². The number of amides is 2. The minimum absolute atomic E-state index is 0.0115. The standard InChI is InChI=1S/C12H22N2O4/c1-13(6-5-11(15)16)12(17)14-7-3-10(4-8-14)9-18-2/h10H,3-9H2,1-2H3,(H,15,16). The van der Waals surface area contributed by atoms with Gasteiger partial charge in [-0.3, -0.25) is 4.79 Å². The lowest BCUT2D eigenvalue weighted by molar-refractivity contribution is -0.137. The zero-order chi connectivity index (χ0) is 13.5. The fourth-order valence-corrected chi connectivity index (χ4v) is 2.13. The zero-order valence-electron chi connectivity index (χ0n) is 11.1. The lowest BCUT2D eigenvalue weighted by Crippen LogP contribution is -2.46. The van der Waals surface area contributed by atoms with Crippen LogP contribution in [-0.4, -0.2) is 67.3 Å². The molecule has 6 heteroatoms. The van der Waals surface area contributed by atoms with Gasteiger partial charge in [0.15, 0.2) is 0 Å². The van der Waals surface area contributed by atoms with Crippen LogP contribution in [-0.2, 0) is 9.53 Å². The van der Waals surface area contributed by atoms with Gasteiger partial charge in [-0.15, -0.1) is 0 Å². The molecule has 0 aliphatic carbocycles. The second-order valence-electron chi connectivity index (χ2n) is 4.73. The van der Waals surface area contributed by atoms with Crippen molar-refractivity contribution in [3.8, 4) is 0 Å². The molecule has 0 bridgehead atoms. The Hall–Kier alpha value is -1.30. The van der Waals surface area contributed by atoms with Gasteiger partial charge in [-0.2, -0.15) is 0 Å². The molecule has 1 aliphatic heterocycles. The van der Waals surface area contributed by atoms with E-state index in [1.54, 1.807) is 19.1 Å². The first-order valence-corrected chi connectivity index (χ1v) is 6.25. The van der Waals surface area contributed by atoms with E-state index in [9.17, 15) is 9.59 Å². The van der Waals surface area contributed by atoms with E-state index in [0.717, 1.165) is 32.5 Å². The number of methoxy groups -OCH3 is 1.